The van der Waals surface area contributed by atoms with Crippen molar-refractivity contribution >= 4 is 23.3 Å². The zero-order chi connectivity index (χ0) is 22.9. The minimum absolute atomic E-state index is 0.267. The van der Waals surface area contributed by atoms with Crippen molar-refractivity contribution in [2.24, 2.45) is 0 Å². The molecule has 3 aromatic rings. The second kappa shape index (κ2) is 11.2. The van der Waals surface area contributed by atoms with Crippen LogP contribution in [0.2, 0.25) is 5.02 Å². The fourth-order valence-corrected chi connectivity index (χ4v) is 3.49. The quantitative estimate of drug-likeness (QED) is 0.197. The van der Waals surface area contributed by atoms with Crippen LogP contribution in [0.5, 0.6) is 11.5 Å². The molecule has 32 heavy (non-hydrogen) atoms. The number of halogens is 2. The minimum atomic E-state index is -0.293. The van der Waals surface area contributed by atoms with Crippen molar-refractivity contribution < 1.29 is 13.9 Å². The second-order valence-corrected chi connectivity index (χ2v) is 7.41. The molecule has 3 nitrogen and oxygen atoms in total. The maximum absolute atomic E-state index is 13.2. The zero-order valence-corrected chi connectivity index (χ0v) is 18.5. The first-order valence-corrected chi connectivity index (χ1v) is 10.6. The van der Waals surface area contributed by atoms with Gasteiger partial charge in [-0.05, 0) is 60.9 Å². The number of allylic oxidation sites excluding steroid dienone is 2. The molecule has 3 aromatic carbocycles. The van der Waals surface area contributed by atoms with E-state index in [1.54, 1.807) is 30.4 Å². The number of hydrogen-bond acceptors (Lipinski definition) is 3. The lowest BCUT2D eigenvalue weighted by Gasteiger charge is -2.17. The maximum atomic E-state index is 13.2. The van der Waals surface area contributed by atoms with Gasteiger partial charge in [-0.2, -0.15) is 5.26 Å². The summed E-state index contributed by atoms with van der Waals surface area (Å²) in [5.41, 5.74) is 3.61. The van der Waals surface area contributed by atoms with Crippen molar-refractivity contribution in [3.63, 3.8) is 0 Å². The molecular weight excluding hydrogens is 425 g/mol. The van der Waals surface area contributed by atoms with E-state index >= 15 is 0 Å². The fourth-order valence-electron chi connectivity index (χ4n) is 3.25. The minimum Gasteiger partial charge on any atom is -0.490 e. The van der Waals surface area contributed by atoms with E-state index in [1.807, 2.05) is 37.3 Å². The highest BCUT2D eigenvalue weighted by Crippen LogP contribution is 2.36. The normalized spacial score (nSPS) is 11.0. The molecule has 0 aliphatic carbocycles. The van der Waals surface area contributed by atoms with Gasteiger partial charge in [0.25, 0.3) is 0 Å². The van der Waals surface area contributed by atoms with E-state index in [4.69, 9.17) is 21.1 Å². The largest absolute Gasteiger partial charge is 0.490 e. The Morgan fingerprint density at radius 2 is 1.88 bits per heavy atom. The molecule has 3 rings (SSSR count). The number of rotatable bonds is 9. The van der Waals surface area contributed by atoms with Crippen LogP contribution in [0.4, 0.5) is 4.39 Å². The third-order valence-corrected chi connectivity index (χ3v) is 5.04. The lowest BCUT2D eigenvalue weighted by molar-refractivity contribution is 0.267. The van der Waals surface area contributed by atoms with E-state index in [9.17, 15) is 9.65 Å². The first kappa shape index (κ1) is 23.1. The molecule has 162 valence electrons. The topological polar surface area (TPSA) is 42.2 Å². The van der Waals surface area contributed by atoms with Crippen molar-refractivity contribution in [2.45, 2.75) is 20.0 Å². The highest BCUT2D eigenvalue weighted by molar-refractivity contribution is 6.32. The Bertz CT molecular complexity index is 1160. The van der Waals surface area contributed by atoms with Gasteiger partial charge in [-0.3, -0.25) is 0 Å². The molecule has 0 saturated heterocycles. The third-order valence-electron chi connectivity index (χ3n) is 4.71. The summed E-state index contributed by atoms with van der Waals surface area (Å²) < 4.78 is 25.1. The first-order chi connectivity index (χ1) is 15.5. The van der Waals surface area contributed by atoms with Gasteiger partial charge in [0.1, 0.15) is 12.4 Å². The molecular formula is C27H23ClFNO2. The van der Waals surface area contributed by atoms with Crippen molar-refractivity contribution in [2.75, 3.05) is 6.61 Å². The van der Waals surface area contributed by atoms with E-state index in [0.717, 1.165) is 16.7 Å². The van der Waals surface area contributed by atoms with Crippen LogP contribution in [-0.2, 0) is 13.0 Å². The molecule has 0 saturated carbocycles. The lowest BCUT2D eigenvalue weighted by Crippen LogP contribution is -2.03. The number of ether oxygens (including phenoxy) is 2. The van der Waals surface area contributed by atoms with Gasteiger partial charge in [-0.25, -0.2) is 4.39 Å². The molecule has 0 aromatic heterocycles. The van der Waals surface area contributed by atoms with Crippen LogP contribution in [0.1, 0.15) is 29.2 Å². The van der Waals surface area contributed by atoms with Gasteiger partial charge in [0, 0.05) is 16.1 Å². The molecule has 0 atom stereocenters. The predicted octanol–water partition coefficient (Wildman–Crippen LogP) is 7.25. The predicted molar refractivity (Wildman–Crippen MR) is 127 cm³/mol. The smallest absolute Gasteiger partial charge is 0.165 e. The summed E-state index contributed by atoms with van der Waals surface area (Å²) in [6.07, 6.45) is 4.11. The molecule has 0 fully saturated rings. The number of benzene rings is 3. The van der Waals surface area contributed by atoms with Gasteiger partial charge >= 0.3 is 0 Å². The maximum Gasteiger partial charge on any atom is 0.165 e. The number of hydrogen-bond donors (Lipinski definition) is 0. The van der Waals surface area contributed by atoms with Crippen molar-refractivity contribution in [3.05, 3.63) is 106 Å². The third kappa shape index (κ3) is 5.78. The monoisotopic (exact) mass is 447 g/mol. The second-order valence-electron chi connectivity index (χ2n) is 7.00. The van der Waals surface area contributed by atoms with Gasteiger partial charge in [-0.15, -0.1) is 6.58 Å². The summed E-state index contributed by atoms with van der Waals surface area (Å²) in [5.74, 6) is 0.875. The molecule has 0 unspecified atom stereocenters. The van der Waals surface area contributed by atoms with Crippen molar-refractivity contribution in [1.82, 2.24) is 0 Å². The van der Waals surface area contributed by atoms with Crippen molar-refractivity contribution in [1.29, 1.82) is 5.26 Å². The van der Waals surface area contributed by atoms with Crippen LogP contribution in [0.25, 0.3) is 11.6 Å². The molecule has 0 spiro atoms. The summed E-state index contributed by atoms with van der Waals surface area (Å²) in [7, 11) is 0. The van der Waals surface area contributed by atoms with E-state index in [-0.39, 0.29) is 12.4 Å². The molecule has 0 radical (unpaired) electrons. The van der Waals surface area contributed by atoms with E-state index in [1.165, 1.54) is 12.1 Å². The zero-order valence-electron chi connectivity index (χ0n) is 17.8. The van der Waals surface area contributed by atoms with E-state index in [0.29, 0.717) is 40.7 Å². The molecule has 0 heterocycles. The average molecular weight is 448 g/mol. The van der Waals surface area contributed by atoms with Gasteiger partial charge in [0.2, 0.25) is 0 Å². The van der Waals surface area contributed by atoms with Crippen LogP contribution < -0.4 is 9.47 Å². The SMILES string of the molecule is C=CCc1cc(C=C(C#N)c2ccccc2Cl)cc(OCC)c1OCc1ccc(F)cc1. The van der Waals surface area contributed by atoms with Crippen molar-refractivity contribution in [3.8, 4) is 17.6 Å². The van der Waals surface area contributed by atoms with Gasteiger partial charge in [0.05, 0.1) is 18.2 Å². The molecule has 0 N–H and O–H groups in total. The number of nitriles is 1. The van der Waals surface area contributed by atoms with Crippen LogP contribution >= 0.6 is 11.6 Å². The van der Waals surface area contributed by atoms with Gasteiger partial charge in [-0.1, -0.05) is 48.0 Å². The summed E-state index contributed by atoms with van der Waals surface area (Å²) in [6, 6.07) is 19.4. The highest BCUT2D eigenvalue weighted by atomic mass is 35.5. The average Bonchev–Trinajstić information content (AvgIpc) is 2.79. The van der Waals surface area contributed by atoms with E-state index < -0.39 is 0 Å². The van der Waals surface area contributed by atoms with E-state index in [2.05, 4.69) is 12.6 Å². The molecule has 5 heteroatoms. The summed E-state index contributed by atoms with van der Waals surface area (Å²) in [6.45, 7) is 6.45. The Balaban J connectivity index is 2.01. The first-order valence-electron chi connectivity index (χ1n) is 10.2. The van der Waals surface area contributed by atoms with Gasteiger partial charge < -0.3 is 9.47 Å². The molecule has 0 amide bonds. The van der Waals surface area contributed by atoms with Crippen LogP contribution in [-0.4, -0.2) is 6.61 Å². The summed E-state index contributed by atoms with van der Waals surface area (Å²) in [4.78, 5) is 0. The Kier molecular flexibility index (Phi) is 8.08. The standard InChI is InChI=1S/C27H23ClFNO2/c1-3-7-21-14-20(15-22(17-30)24-8-5-6-9-25(24)28)16-26(31-4-2)27(21)32-18-19-10-12-23(29)13-11-19/h3,5-6,8-16H,1,4,7,18H2,2H3. The van der Waals surface area contributed by atoms with Crippen LogP contribution in [0.3, 0.4) is 0 Å². The Morgan fingerprint density at radius 3 is 2.53 bits per heavy atom. The van der Waals surface area contributed by atoms with Crippen LogP contribution in [0, 0.1) is 17.1 Å². The highest BCUT2D eigenvalue weighted by Gasteiger charge is 2.14. The number of nitrogens with zero attached hydrogens (tertiary/aromatic N) is 1. The molecule has 0 bridgehead atoms. The Labute approximate surface area is 193 Å². The molecule has 0 aliphatic heterocycles. The molecule has 0 aliphatic rings. The summed E-state index contributed by atoms with van der Waals surface area (Å²) >= 11 is 6.29. The summed E-state index contributed by atoms with van der Waals surface area (Å²) in [5, 5.41) is 10.2. The van der Waals surface area contributed by atoms with Crippen LogP contribution in [0.15, 0.2) is 73.3 Å². The Hall–Kier alpha value is -3.55. The fraction of sp³-hybridized carbons (Fsp3) is 0.148. The van der Waals surface area contributed by atoms with Gasteiger partial charge in [0.15, 0.2) is 11.5 Å². The Morgan fingerprint density at radius 1 is 1.12 bits per heavy atom. The lowest BCUT2D eigenvalue weighted by atomic mass is 10.0.